The number of rotatable bonds is 4. The van der Waals surface area contributed by atoms with Crippen LogP contribution in [-0.2, 0) is 0 Å². The van der Waals surface area contributed by atoms with Crippen LogP contribution in [0.15, 0.2) is 37.0 Å². The standard InChI is InChI=1S/C12H15NO3/c1-4-13-12(14)16-11-8-6-5-7-10(11)15-9(2)3/h4-9H,1H2,2-3H3,(H,13,14). The molecule has 0 fully saturated rings. The lowest BCUT2D eigenvalue weighted by molar-refractivity contribution is 0.195. The van der Waals surface area contributed by atoms with Gasteiger partial charge in [0.25, 0.3) is 0 Å². The molecular formula is C12H15NO3. The van der Waals surface area contributed by atoms with Crippen molar-refractivity contribution in [1.29, 1.82) is 0 Å². The lowest BCUT2D eigenvalue weighted by Crippen LogP contribution is -2.21. The van der Waals surface area contributed by atoms with Gasteiger partial charge in [-0.15, -0.1) is 0 Å². The van der Waals surface area contributed by atoms with Crippen molar-refractivity contribution >= 4 is 6.09 Å². The van der Waals surface area contributed by atoms with Crippen LogP contribution >= 0.6 is 0 Å². The van der Waals surface area contributed by atoms with Crippen LogP contribution < -0.4 is 14.8 Å². The van der Waals surface area contributed by atoms with E-state index in [-0.39, 0.29) is 6.10 Å². The Morgan fingerprint density at radius 2 is 2.00 bits per heavy atom. The second-order valence-corrected chi connectivity index (χ2v) is 3.35. The topological polar surface area (TPSA) is 47.6 Å². The molecule has 0 aromatic heterocycles. The van der Waals surface area contributed by atoms with Gasteiger partial charge in [-0.25, -0.2) is 4.79 Å². The largest absolute Gasteiger partial charge is 0.487 e. The van der Waals surface area contributed by atoms with Gasteiger partial charge in [0, 0.05) is 0 Å². The molecule has 0 radical (unpaired) electrons. The molecule has 1 aromatic rings. The number of amides is 1. The molecule has 0 unspecified atom stereocenters. The average molecular weight is 221 g/mol. The maximum absolute atomic E-state index is 11.2. The normalized spacial score (nSPS) is 9.69. The predicted octanol–water partition coefficient (Wildman–Crippen LogP) is 2.71. The number of hydrogen-bond donors (Lipinski definition) is 1. The minimum Gasteiger partial charge on any atom is -0.487 e. The SMILES string of the molecule is C=CNC(=O)Oc1ccccc1OC(C)C. The van der Waals surface area contributed by atoms with Crippen molar-refractivity contribution in [2.75, 3.05) is 0 Å². The lowest BCUT2D eigenvalue weighted by Gasteiger charge is -2.13. The summed E-state index contributed by atoms with van der Waals surface area (Å²) >= 11 is 0. The van der Waals surface area contributed by atoms with Crippen LogP contribution in [0.1, 0.15) is 13.8 Å². The molecule has 1 rings (SSSR count). The fraction of sp³-hybridized carbons (Fsp3) is 0.250. The molecule has 0 aliphatic rings. The van der Waals surface area contributed by atoms with Crippen LogP contribution in [0, 0.1) is 0 Å². The predicted molar refractivity (Wildman–Crippen MR) is 61.6 cm³/mol. The van der Waals surface area contributed by atoms with Gasteiger partial charge in [-0.2, -0.15) is 0 Å². The second kappa shape index (κ2) is 5.80. The first-order valence-corrected chi connectivity index (χ1v) is 4.98. The third-order valence-corrected chi connectivity index (χ3v) is 1.63. The third-order valence-electron chi connectivity index (χ3n) is 1.63. The Morgan fingerprint density at radius 1 is 1.38 bits per heavy atom. The number of benzene rings is 1. The molecule has 1 N–H and O–H groups in total. The van der Waals surface area contributed by atoms with Crippen LogP contribution in [0.3, 0.4) is 0 Å². The molecule has 86 valence electrons. The Balaban J connectivity index is 2.78. The van der Waals surface area contributed by atoms with E-state index in [1.54, 1.807) is 18.2 Å². The summed E-state index contributed by atoms with van der Waals surface area (Å²) in [5.41, 5.74) is 0. The highest BCUT2D eigenvalue weighted by atomic mass is 16.6. The molecular weight excluding hydrogens is 206 g/mol. The molecule has 0 aliphatic heterocycles. The zero-order valence-electron chi connectivity index (χ0n) is 9.40. The third kappa shape index (κ3) is 3.65. The van der Waals surface area contributed by atoms with Crippen molar-refractivity contribution in [2.24, 2.45) is 0 Å². The minimum atomic E-state index is -0.588. The van der Waals surface area contributed by atoms with Gasteiger partial charge in [0.05, 0.1) is 6.10 Å². The van der Waals surface area contributed by atoms with Crippen molar-refractivity contribution < 1.29 is 14.3 Å². The van der Waals surface area contributed by atoms with E-state index < -0.39 is 6.09 Å². The number of hydrogen-bond acceptors (Lipinski definition) is 3. The van der Waals surface area contributed by atoms with Crippen LogP contribution in [0.25, 0.3) is 0 Å². The summed E-state index contributed by atoms with van der Waals surface area (Å²) in [6.07, 6.45) is 0.691. The number of carbonyl (C=O) groups is 1. The quantitative estimate of drug-likeness (QED) is 0.850. The molecule has 0 heterocycles. The number of carbonyl (C=O) groups excluding carboxylic acids is 1. The molecule has 4 heteroatoms. The Bertz CT molecular complexity index is 374. The monoisotopic (exact) mass is 221 g/mol. The van der Waals surface area contributed by atoms with Gasteiger partial charge < -0.3 is 9.47 Å². The average Bonchev–Trinajstić information content (AvgIpc) is 2.20. The van der Waals surface area contributed by atoms with E-state index in [1.807, 2.05) is 19.9 Å². The van der Waals surface area contributed by atoms with Crippen molar-refractivity contribution in [3.63, 3.8) is 0 Å². The Kier molecular flexibility index (Phi) is 4.39. The van der Waals surface area contributed by atoms with Crippen LogP contribution in [0.2, 0.25) is 0 Å². The molecule has 0 atom stereocenters. The highest BCUT2D eigenvalue weighted by Gasteiger charge is 2.09. The Labute approximate surface area is 94.9 Å². The van der Waals surface area contributed by atoms with E-state index >= 15 is 0 Å². The van der Waals surface area contributed by atoms with E-state index in [4.69, 9.17) is 9.47 Å². The first kappa shape index (κ1) is 12.1. The van der Waals surface area contributed by atoms with E-state index in [9.17, 15) is 4.79 Å². The fourth-order valence-corrected chi connectivity index (χ4v) is 1.10. The zero-order valence-corrected chi connectivity index (χ0v) is 9.40. The summed E-state index contributed by atoms with van der Waals surface area (Å²) in [7, 11) is 0. The van der Waals surface area contributed by atoms with Gasteiger partial charge in [0.2, 0.25) is 0 Å². The maximum atomic E-state index is 11.2. The molecule has 0 saturated heterocycles. The molecule has 0 saturated carbocycles. The van der Waals surface area contributed by atoms with Crippen molar-refractivity contribution in [3.05, 3.63) is 37.0 Å². The molecule has 0 bridgehead atoms. The summed E-state index contributed by atoms with van der Waals surface area (Å²) in [5, 5.41) is 2.32. The number of ether oxygens (including phenoxy) is 2. The number of nitrogens with one attached hydrogen (secondary N) is 1. The maximum Gasteiger partial charge on any atom is 0.416 e. The minimum absolute atomic E-state index is 0.0206. The van der Waals surface area contributed by atoms with E-state index in [0.717, 1.165) is 0 Å². The van der Waals surface area contributed by atoms with E-state index in [0.29, 0.717) is 11.5 Å². The zero-order chi connectivity index (χ0) is 12.0. The van der Waals surface area contributed by atoms with Crippen LogP contribution in [0.5, 0.6) is 11.5 Å². The fourth-order valence-electron chi connectivity index (χ4n) is 1.10. The van der Waals surface area contributed by atoms with Gasteiger partial charge in [0.1, 0.15) is 0 Å². The van der Waals surface area contributed by atoms with E-state index in [1.165, 1.54) is 6.20 Å². The summed E-state index contributed by atoms with van der Waals surface area (Å²) in [6, 6.07) is 7.00. The second-order valence-electron chi connectivity index (χ2n) is 3.35. The first-order chi connectivity index (χ1) is 7.63. The highest BCUT2D eigenvalue weighted by molar-refractivity contribution is 5.72. The molecule has 1 aromatic carbocycles. The van der Waals surface area contributed by atoms with Crippen molar-refractivity contribution in [3.8, 4) is 11.5 Å². The molecule has 16 heavy (non-hydrogen) atoms. The lowest BCUT2D eigenvalue weighted by atomic mass is 10.3. The smallest absolute Gasteiger partial charge is 0.416 e. The first-order valence-electron chi connectivity index (χ1n) is 4.98. The summed E-state index contributed by atoms with van der Waals surface area (Å²) in [5.74, 6) is 0.923. The van der Waals surface area contributed by atoms with Gasteiger partial charge >= 0.3 is 6.09 Å². The highest BCUT2D eigenvalue weighted by Crippen LogP contribution is 2.27. The number of para-hydroxylation sites is 2. The summed E-state index contributed by atoms with van der Waals surface area (Å²) < 4.78 is 10.5. The van der Waals surface area contributed by atoms with Gasteiger partial charge in [-0.3, -0.25) is 5.32 Å². The van der Waals surface area contributed by atoms with Gasteiger partial charge in [0.15, 0.2) is 11.5 Å². The Morgan fingerprint density at radius 3 is 2.56 bits per heavy atom. The van der Waals surface area contributed by atoms with Crippen molar-refractivity contribution in [1.82, 2.24) is 5.32 Å². The van der Waals surface area contributed by atoms with Gasteiger partial charge in [-0.05, 0) is 32.2 Å². The molecule has 0 aliphatic carbocycles. The summed E-state index contributed by atoms with van der Waals surface area (Å²) in [6.45, 7) is 7.18. The van der Waals surface area contributed by atoms with Crippen LogP contribution in [-0.4, -0.2) is 12.2 Å². The molecule has 1 amide bonds. The molecule has 0 spiro atoms. The summed E-state index contributed by atoms with van der Waals surface area (Å²) in [4.78, 5) is 11.2. The Hall–Kier alpha value is -1.97. The van der Waals surface area contributed by atoms with E-state index in [2.05, 4.69) is 11.9 Å². The van der Waals surface area contributed by atoms with Crippen LogP contribution in [0.4, 0.5) is 4.79 Å². The van der Waals surface area contributed by atoms with Gasteiger partial charge in [-0.1, -0.05) is 18.7 Å². The molecule has 4 nitrogen and oxygen atoms in total. The van der Waals surface area contributed by atoms with Crippen molar-refractivity contribution in [2.45, 2.75) is 20.0 Å².